The zero-order chi connectivity index (χ0) is 21.1. The fourth-order valence-electron chi connectivity index (χ4n) is 2.38. The standard InChI is InChI=1S/C21H22N2O6/c1-2-28-21(27)16-10-6-7-11-17(16)23-19(25)14-29-20(26)13-22-18(24)12-15-8-4-3-5-9-15/h3-11H,2,12-14H2,1H3,(H,22,24)(H,23,25). The Kier molecular flexibility index (Phi) is 8.37. The third kappa shape index (κ3) is 7.45. The van der Waals surface area contributed by atoms with Crippen LogP contribution in [0.2, 0.25) is 0 Å². The van der Waals surface area contributed by atoms with Crippen LogP contribution in [-0.4, -0.2) is 43.5 Å². The number of esters is 2. The molecule has 2 aromatic rings. The second-order valence-electron chi connectivity index (χ2n) is 5.91. The molecule has 0 aliphatic carbocycles. The number of carbonyl (C=O) groups excluding carboxylic acids is 4. The second-order valence-corrected chi connectivity index (χ2v) is 5.91. The molecule has 0 atom stereocenters. The van der Waals surface area contributed by atoms with Crippen LogP contribution in [0, 0.1) is 0 Å². The number of hydrogen-bond acceptors (Lipinski definition) is 6. The molecule has 2 N–H and O–H groups in total. The number of amides is 2. The van der Waals surface area contributed by atoms with Crippen molar-refractivity contribution in [2.45, 2.75) is 13.3 Å². The van der Waals surface area contributed by atoms with Gasteiger partial charge in [0.15, 0.2) is 6.61 Å². The van der Waals surface area contributed by atoms with Gasteiger partial charge in [-0.3, -0.25) is 14.4 Å². The van der Waals surface area contributed by atoms with Crippen molar-refractivity contribution in [3.63, 3.8) is 0 Å². The van der Waals surface area contributed by atoms with Crippen molar-refractivity contribution >= 4 is 29.4 Å². The molecule has 0 aromatic heterocycles. The first-order valence-corrected chi connectivity index (χ1v) is 9.02. The summed E-state index contributed by atoms with van der Waals surface area (Å²) in [5.41, 5.74) is 1.27. The van der Waals surface area contributed by atoms with Crippen molar-refractivity contribution in [1.82, 2.24) is 5.32 Å². The summed E-state index contributed by atoms with van der Waals surface area (Å²) in [4.78, 5) is 47.4. The maximum absolute atomic E-state index is 12.0. The Morgan fingerprint density at radius 3 is 2.28 bits per heavy atom. The van der Waals surface area contributed by atoms with Gasteiger partial charge in [-0.1, -0.05) is 42.5 Å². The maximum Gasteiger partial charge on any atom is 0.340 e. The van der Waals surface area contributed by atoms with Crippen LogP contribution < -0.4 is 10.6 Å². The molecule has 0 aliphatic heterocycles. The van der Waals surface area contributed by atoms with Crippen LogP contribution in [0.1, 0.15) is 22.8 Å². The summed E-state index contributed by atoms with van der Waals surface area (Å²) in [6.07, 6.45) is 0.138. The van der Waals surface area contributed by atoms with Crippen LogP contribution in [0.5, 0.6) is 0 Å². The molecule has 0 radical (unpaired) electrons. The Bertz CT molecular complexity index is 866. The first-order chi connectivity index (χ1) is 14.0. The number of hydrogen-bond donors (Lipinski definition) is 2. The Morgan fingerprint density at radius 1 is 0.862 bits per heavy atom. The summed E-state index contributed by atoms with van der Waals surface area (Å²) in [5.74, 6) is -2.27. The fourth-order valence-corrected chi connectivity index (χ4v) is 2.38. The molecule has 8 heteroatoms. The first kappa shape index (κ1) is 21.6. The molecule has 0 saturated heterocycles. The van der Waals surface area contributed by atoms with Crippen molar-refractivity contribution in [3.8, 4) is 0 Å². The molecule has 152 valence electrons. The van der Waals surface area contributed by atoms with Gasteiger partial charge < -0.3 is 20.1 Å². The van der Waals surface area contributed by atoms with E-state index in [9.17, 15) is 19.2 Å². The highest BCUT2D eigenvalue weighted by Gasteiger charge is 2.15. The number of carbonyl (C=O) groups is 4. The Balaban J connectivity index is 1.76. The zero-order valence-corrected chi connectivity index (χ0v) is 16.0. The highest BCUT2D eigenvalue weighted by molar-refractivity contribution is 6.01. The van der Waals surface area contributed by atoms with E-state index >= 15 is 0 Å². The van der Waals surface area contributed by atoms with Gasteiger partial charge in [-0.15, -0.1) is 0 Å². The van der Waals surface area contributed by atoms with Crippen LogP contribution in [0.25, 0.3) is 0 Å². The normalized spacial score (nSPS) is 9.97. The number of para-hydroxylation sites is 1. The highest BCUT2D eigenvalue weighted by atomic mass is 16.5. The Morgan fingerprint density at radius 2 is 1.55 bits per heavy atom. The lowest BCUT2D eigenvalue weighted by Crippen LogP contribution is -2.33. The van der Waals surface area contributed by atoms with Gasteiger partial charge in [-0.2, -0.15) is 0 Å². The van der Waals surface area contributed by atoms with E-state index in [1.54, 1.807) is 31.2 Å². The topological polar surface area (TPSA) is 111 Å². The average molecular weight is 398 g/mol. The predicted octanol–water partition coefficient (Wildman–Crippen LogP) is 1.70. The molecule has 29 heavy (non-hydrogen) atoms. The average Bonchev–Trinajstić information content (AvgIpc) is 2.72. The van der Waals surface area contributed by atoms with Gasteiger partial charge in [0.25, 0.3) is 5.91 Å². The van der Waals surface area contributed by atoms with E-state index in [0.29, 0.717) is 0 Å². The number of ether oxygens (including phenoxy) is 2. The van der Waals surface area contributed by atoms with E-state index in [4.69, 9.17) is 9.47 Å². The van der Waals surface area contributed by atoms with E-state index in [-0.39, 0.29) is 36.7 Å². The molecule has 8 nitrogen and oxygen atoms in total. The molecular formula is C21H22N2O6. The summed E-state index contributed by atoms with van der Waals surface area (Å²) in [5, 5.41) is 4.93. The van der Waals surface area contributed by atoms with Gasteiger partial charge in [0.05, 0.1) is 24.3 Å². The SMILES string of the molecule is CCOC(=O)c1ccccc1NC(=O)COC(=O)CNC(=O)Cc1ccccc1. The minimum Gasteiger partial charge on any atom is -0.462 e. The quantitative estimate of drug-likeness (QED) is 0.622. The van der Waals surface area contributed by atoms with Crippen LogP contribution in [0.3, 0.4) is 0 Å². The lowest BCUT2D eigenvalue weighted by atomic mass is 10.1. The second kappa shape index (κ2) is 11.2. The monoisotopic (exact) mass is 398 g/mol. The van der Waals surface area contributed by atoms with E-state index in [1.165, 1.54) is 12.1 Å². The molecule has 0 saturated carbocycles. The van der Waals surface area contributed by atoms with E-state index in [0.717, 1.165) is 5.56 Å². The van der Waals surface area contributed by atoms with Crippen LogP contribution in [-0.2, 0) is 30.3 Å². The molecule has 0 spiro atoms. The molecule has 0 bridgehead atoms. The predicted molar refractivity (Wildman–Crippen MR) is 105 cm³/mol. The largest absolute Gasteiger partial charge is 0.462 e. The van der Waals surface area contributed by atoms with Crippen molar-refractivity contribution in [2.75, 3.05) is 25.1 Å². The van der Waals surface area contributed by atoms with Gasteiger partial charge in [0, 0.05) is 0 Å². The lowest BCUT2D eigenvalue weighted by molar-refractivity contribution is -0.147. The van der Waals surface area contributed by atoms with Gasteiger partial charge in [-0.05, 0) is 24.6 Å². The van der Waals surface area contributed by atoms with E-state index in [2.05, 4.69) is 10.6 Å². The molecule has 0 heterocycles. The minimum atomic E-state index is -0.750. The van der Waals surface area contributed by atoms with Crippen LogP contribution in [0.15, 0.2) is 54.6 Å². The summed E-state index contributed by atoms with van der Waals surface area (Å²) in [6, 6.07) is 15.4. The van der Waals surface area contributed by atoms with Crippen molar-refractivity contribution in [1.29, 1.82) is 0 Å². The smallest absolute Gasteiger partial charge is 0.340 e. The van der Waals surface area contributed by atoms with Crippen molar-refractivity contribution in [2.24, 2.45) is 0 Å². The molecule has 2 aromatic carbocycles. The summed E-state index contributed by atoms with van der Waals surface area (Å²) in [6.45, 7) is 0.981. The highest BCUT2D eigenvalue weighted by Crippen LogP contribution is 2.16. The third-order valence-electron chi connectivity index (χ3n) is 3.70. The Hall–Kier alpha value is -3.68. The van der Waals surface area contributed by atoms with E-state index in [1.807, 2.05) is 18.2 Å². The summed E-state index contributed by atoms with van der Waals surface area (Å²) in [7, 11) is 0. The zero-order valence-electron chi connectivity index (χ0n) is 16.0. The van der Waals surface area contributed by atoms with Gasteiger partial charge in [-0.25, -0.2) is 4.79 Å². The molecule has 2 rings (SSSR count). The minimum absolute atomic E-state index is 0.138. The van der Waals surface area contributed by atoms with Gasteiger partial charge >= 0.3 is 11.9 Å². The number of anilines is 1. The molecular weight excluding hydrogens is 376 g/mol. The van der Waals surface area contributed by atoms with Crippen LogP contribution >= 0.6 is 0 Å². The molecule has 2 amide bonds. The summed E-state index contributed by atoms with van der Waals surface area (Å²) < 4.78 is 9.77. The lowest BCUT2D eigenvalue weighted by Gasteiger charge is -2.11. The third-order valence-corrected chi connectivity index (χ3v) is 3.70. The maximum atomic E-state index is 12.0. The number of nitrogens with one attached hydrogen (secondary N) is 2. The molecule has 0 aliphatic rings. The van der Waals surface area contributed by atoms with Gasteiger partial charge in [0.1, 0.15) is 6.54 Å². The molecule has 0 fully saturated rings. The number of benzene rings is 2. The fraction of sp³-hybridized carbons (Fsp3) is 0.238. The molecule has 0 unspecified atom stereocenters. The first-order valence-electron chi connectivity index (χ1n) is 9.02. The van der Waals surface area contributed by atoms with Crippen LogP contribution in [0.4, 0.5) is 5.69 Å². The summed E-state index contributed by atoms with van der Waals surface area (Å²) >= 11 is 0. The van der Waals surface area contributed by atoms with Crippen molar-refractivity contribution in [3.05, 3.63) is 65.7 Å². The Labute approximate surface area is 168 Å². The number of rotatable bonds is 9. The van der Waals surface area contributed by atoms with Crippen molar-refractivity contribution < 1.29 is 28.7 Å². The van der Waals surface area contributed by atoms with E-state index < -0.39 is 24.5 Å². The van der Waals surface area contributed by atoms with Gasteiger partial charge in [0.2, 0.25) is 5.91 Å².